The number of benzene rings is 1. The average Bonchev–Trinajstić information content (AvgIpc) is 2.34. The van der Waals surface area contributed by atoms with Crippen molar-refractivity contribution >= 4 is 5.84 Å². The van der Waals surface area contributed by atoms with Crippen LogP contribution in [0.3, 0.4) is 0 Å². The number of aryl methyl sites for hydroxylation is 2. The topological polar surface area (TPSA) is 72.0 Å². The molecule has 2 rings (SSSR count). The van der Waals surface area contributed by atoms with E-state index in [0.29, 0.717) is 17.1 Å². The van der Waals surface area contributed by atoms with Crippen LogP contribution in [0.25, 0.3) is 0 Å². The van der Waals surface area contributed by atoms with Crippen LogP contribution in [0.2, 0.25) is 0 Å². The van der Waals surface area contributed by atoms with E-state index in [-0.39, 0.29) is 5.84 Å². The highest BCUT2D eigenvalue weighted by Crippen LogP contribution is 2.25. The maximum Gasteiger partial charge on any atom is 0.156 e. The van der Waals surface area contributed by atoms with E-state index in [1.54, 1.807) is 18.5 Å². The lowest BCUT2D eigenvalue weighted by Crippen LogP contribution is -2.12. The van der Waals surface area contributed by atoms with E-state index < -0.39 is 0 Å². The number of hydrogen-bond donors (Lipinski definition) is 2. The predicted octanol–water partition coefficient (Wildman–Crippen LogP) is 2.77. The van der Waals surface area contributed by atoms with Crippen molar-refractivity contribution in [2.24, 2.45) is 5.73 Å². The summed E-state index contributed by atoms with van der Waals surface area (Å²) in [5, 5.41) is 7.49. The van der Waals surface area contributed by atoms with Gasteiger partial charge in [-0.3, -0.25) is 10.4 Å². The lowest BCUT2D eigenvalue weighted by molar-refractivity contribution is 0.478. The van der Waals surface area contributed by atoms with Gasteiger partial charge in [-0.25, -0.2) is 0 Å². The summed E-state index contributed by atoms with van der Waals surface area (Å²) in [6.07, 6.45) is 3.15. The van der Waals surface area contributed by atoms with Crippen LogP contribution >= 0.6 is 0 Å². The molecule has 2 aromatic rings. The molecule has 1 aromatic heterocycles. The average molecular weight is 241 g/mol. The van der Waals surface area contributed by atoms with Gasteiger partial charge in [0.15, 0.2) is 5.75 Å². The maximum atomic E-state index is 7.49. The second-order valence-electron chi connectivity index (χ2n) is 4.13. The summed E-state index contributed by atoms with van der Waals surface area (Å²) in [5.41, 5.74) is 8.40. The van der Waals surface area contributed by atoms with Crippen LogP contribution in [0.4, 0.5) is 0 Å². The predicted molar refractivity (Wildman–Crippen MR) is 71.2 cm³/mol. The van der Waals surface area contributed by atoms with Crippen molar-refractivity contribution in [1.82, 2.24) is 4.98 Å². The van der Waals surface area contributed by atoms with E-state index in [1.165, 1.54) is 5.56 Å². The quantitative estimate of drug-likeness (QED) is 0.641. The number of nitrogens with zero attached hydrogens (tertiary/aromatic N) is 1. The first-order valence-corrected chi connectivity index (χ1v) is 5.61. The third-order valence-corrected chi connectivity index (χ3v) is 2.78. The largest absolute Gasteiger partial charge is 0.455 e. The molecule has 0 atom stereocenters. The van der Waals surface area contributed by atoms with Gasteiger partial charge in [0.05, 0.1) is 11.8 Å². The first-order chi connectivity index (χ1) is 8.58. The van der Waals surface area contributed by atoms with Gasteiger partial charge in [-0.15, -0.1) is 0 Å². The number of nitrogen functional groups attached to an aromatic ring is 1. The van der Waals surface area contributed by atoms with Gasteiger partial charge in [0, 0.05) is 6.20 Å². The van der Waals surface area contributed by atoms with Crippen LogP contribution in [-0.4, -0.2) is 10.8 Å². The Balaban J connectivity index is 2.34. The first kappa shape index (κ1) is 12.1. The molecule has 1 aromatic carbocycles. The Morgan fingerprint density at radius 1 is 1.22 bits per heavy atom. The Bertz CT molecular complexity index is 593. The number of ether oxygens (including phenoxy) is 1. The van der Waals surface area contributed by atoms with Crippen LogP contribution in [0, 0.1) is 19.3 Å². The summed E-state index contributed by atoms with van der Waals surface area (Å²) in [6.45, 7) is 4.07. The second-order valence-corrected chi connectivity index (χ2v) is 4.13. The lowest BCUT2D eigenvalue weighted by atomic mass is 10.1. The molecule has 0 fully saturated rings. The lowest BCUT2D eigenvalue weighted by Gasteiger charge is -2.10. The van der Waals surface area contributed by atoms with E-state index in [4.69, 9.17) is 15.9 Å². The summed E-state index contributed by atoms with van der Waals surface area (Å²) < 4.78 is 5.72. The Kier molecular flexibility index (Phi) is 3.28. The zero-order valence-electron chi connectivity index (χ0n) is 10.4. The zero-order valence-corrected chi connectivity index (χ0v) is 10.4. The van der Waals surface area contributed by atoms with Crippen molar-refractivity contribution in [3.05, 3.63) is 53.3 Å². The molecule has 0 unspecified atom stereocenters. The molecule has 18 heavy (non-hydrogen) atoms. The molecule has 0 saturated carbocycles. The minimum atomic E-state index is -0.0313. The molecule has 0 amide bonds. The standard InChI is InChI=1S/C14H15N3O/c1-9-3-4-11(7-10(9)2)18-13-8-17-6-5-12(13)14(15)16/h3-8H,1-2H3,(H3,15,16). The molecule has 0 saturated heterocycles. The highest BCUT2D eigenvalue weighted by molar-refractivity contribution is 5.97. The summed E-state index contributed by atoms with van der Waals surface area (Å²) in [7, 11) is 0. The van der Waals surface area contributed by atoms with E-state index in [2.05, 4.69) is 4.98 Å². The molecule has 0 aliphatic carbocycles. The van der Waals surface area contributed by atoms with Crippen molar-refractivity contribution in [2.75, 3.05) is 0 Å². The highest BCUT2D eigenvalue weighted by atomic mass is 16.5. The van der Waals surface area contributed by atoms with Crippen LogP contribution < -0.4 is 10.5 Å². The number of hydrogen-bond acceptors (Lipinski definition) is 3. The molecule has 1 heterocycles. The highest BCUT2D eigenvalue weighted by Gasteiger charge is 2.07. The molecule has 3 N–H and O–H groups in total. The number of rotatable bonds is 3. The molecular formula is C14H15N3O. The smallest absolute Gasteiger partial charge is 0.156 e. The molecular weight excluding hydrogens is 226 g/mol. The van der Waals surface area contributed by atoms with Crippen molar-refractivity contribution in [3.63, 3.8) is 0 Å². The fourth-order valence-electron chi connectivity index (χ4n) is 1.59. The normalized spacial score (nSPS) is 10.1. The van der Waals surface area contributed by atoms with Gasteiger partial charge in [0.1, 0.15) is 11.6 Å². The minimum Gasteiger partial charge on any atom is -0.455 e. The van der Waals surface area contributed by atoms with Gasteiger partial charge in [-0.05, 0) is 43.2 Å². The third kappa shape index (κ3) is 2.48. The van der Waals surface area contributed by atoms with Crippen molar-refractivity contribution < 1.29 is 4.74 Å². The van der Waals surface area contributed by atoms with Gasteiger partial charge < -0.3 is 10.5 Å². The zero-order chi connectivity index (χ0) is 13.1. The molecule has 0 spiro atoms. The number of nitrogens with one attached hydrogen (secondary N) is 1. The minimum absolute atomic E-state index is 0.0313. The number of pyridine rings is 1. The van der Waals surface area contributed by atoms with Crippen molar-refractivity contribution in [3.8, 4) is 11.5 Å². The molecule has 0 aliphatic rings. The Morgan fingerprint density at radius 2 is 2.00 bits per heavy atom. The molecule has 0 bridgehead atoms. The first-order valence-electron chi connectivity index (χ1n) is 5.61. The summed E-state index contributed by atoms with van der Waals surface area (Å²) >= 11 is 0. The van der Waals surface area contributed by atoms with Gasteiger partial charge in [-0.2, -0.15) is 0 Å². The third-order valence-electron chi connectivity index (χ3n) is 2.78. The van der Waals surface area contributed by atoms with Gasteiger partial charge in [0.2, 0.25) is 0 Å². The van der Waals surface area contributed by atoms with E-state index in [0.717, 1.165) is 5.56 Å². The van der Waals surface area contributed by atoms with E-state index >= 15 is 0 Å². The maximum absolute atomic E-state index is 7.49. The van der Waals surface area contributed by atoms with E-state index in [9.17, 15) is 0 Å². The van der Waals surface area contributed by atoms with Gasteiger partial charge in [-0.1, -0.05) is 6.07 Å². The summed E-state index contributed by atoms with van der Waals surface area (Å²) in [4.78, 5) is 3.99. The molecule has 92 valence electrons. The van der Waals surface area contributed by atoms with Crippen LogP contribution in [-0.2, 0) is 0 Å². The van der Waals surface area contributed by atoms with Crippen molar-refractivity contribution in [1.29, 1.82) is 5.41 Å². The number of amidine groups is 1. The molecule has 0 radical (unpaired) electrons. The Labute approximate surface area is 106 Å². The van der Waals surface area contributed by atoms with Crippen LogP contribution in [0.1, 0.15) is 16.7 Å². The fraction of sp³-hybridized carbons (Fsp3) is 0.143. The van der Waals surface area contributed by atoms with E-state index in [1.807, 2.05) is 32.0 Å². The van der Waals surface area contributed by atoms with Gasteiger partial charge in [0.25, 0.3) is 0 Å². The monoisotopic (exact) mass is 241 g/mol. The molecule has 4 nitrogen and oxygen atoms in total. The summed E-state index contributed by atoms with van der Waals surface area (Å²) in [5.74, 6) is 1.18. The SMILES string of the molecule is Cc1ccc(Oc2cnccc2C(=N)N)cc1C. The van der Waals surface area contributed by atoms with Gasteiger partial charge >= 0.3 is 0 Å². The van der Waals surface area contributed by atoms with Crippen LogP contribution in [0.15, 0.2) is 36.7 Å². The summed E-state index contributed by atoms with van der Waals surface area (Å²) in [6, 6.07) is 7.50. The van der Waals surface area contributed by atoms with Crippen molar-refractivity contribution in [2.45, 2.75) is 13.8 Å². The van der Waals surface area contributed by atoms with Crippen LogP contribution in [0.5, 0.6) is 11.5 Å². The number of aromatic nitrogens is 1. The molecule has 0 aliphatic heterocycles. The number of nitrogens with two attached hydrogens (primary N) is 1. The fourth-order valence-corrected chi connectivity index (χ4v) is 1.59. The molecule has 4 heteroatoms. The Hall–Kier alpha value is -2.36. The second kappa shape index (κ2) is 4.87. The Morgan fingerprint density at radius 3 is 2.67 bits per heavy atom.